The summed E-state index contributed by atoms with van der Waals surface area (Å²) in [6.07, 6.45) is 0. The maximum Gasteiger partial charge on any atom is 0.323 e. The Balaban J connectivity index is 3.16. The van der Waals surface area contributed by atoms with E-state index in [-0.39, 0.29) is 0 Å². The maximum absolute atomic E-state index is 11.0. The Morgan fingerprint density at radius 1 is 0.889 bits per heavy atom. The van der Waals surface area contributed by atoms with Crippen LogP contribution in [0.3, 0.4) is 0 Å². The zero-order valence-electron chi connectivity index (χ0n) is 9.91. The summed E-state index contributed by atoms with van der Waals surface area (Å²) in [6.45, 7) is 2.93. The first kappa shape index (κ1) is 14.9. The minimum Gasteiger partial charge on any atom is -0.480 e. The van der Waals surface area contributed by atoms with E-state index in [9.17, 15) is 9.59 Å². The third-order valence-electron chi connectivity index (χ3n) is 2.84. The summed E-state index contributed by atoms with van der Waals surface area (Å²) in [5, 5.41) is 18.1. The van der Waals surface area contributed by atoms with Crippen LogP contribution in [-0.4, -0.2) is 22.2 Å². The van der Waals surface area contributed by atoms with Gasteiger partial charge >= 0.3 is 11.9 Å². The molecule has 2 unspecified atom stereocenters. The van der Waals surface area contributed by atoms with Crippen LogP contribution in [0.5, 0.6) is 0 Å². The molecule has 0 radical (unpaired) electrons. The van der Waals surface area contributed by atoms with Gasteiger partial charge in [-0.1, -0.05) is 24.3 Å². The molecule has 0 aliphatic heterocycles. The molecule has 0 spiro atoms. The van der Waals surface area contributed by atoms with Gasteiger partial charge in [-0.3, -0.25) is 9.59 Å². The zero-order chi connectivity index (χ0) is 14.1. The van der Waals surface area contributed by atoms with Crippen LogP contribution in [0.15, 0.2) is 24.3 Å². The molecule has 0 heterocycles. The summed E-state index contributed by atoms with van der Waals surface area (Å²) in [6, 6.07) is 6.20. The lowest BCUT2D eigenvalue weighted by Crippen LogP contribution is -2.27. The minimum absolute atomic E-state index is 0.483. The van der Waals surface area contributed by atoms with Crippen LogP contribution in [0.25, 0.3) is 0 Å². The predicted molar refractivity (Wildman–Crippen MR) is 74.4 cm³/mol. The lowest BCUT2D eigenvalue weighted by atomic mass is 9.94. The van der Waals surface area contributed by atoms with E-state index >= 15 is 0 Å². The van der Waals surface area contributed by atoms with Gasteiger partial charge in [-0.15, -0.1) is 0 Å². The number of carboxylic acids is 2. The fourth-order valence-electron chi connectivity index (χ4n) is 1.37. The Kier molecular flexibility index (Phi) is 4.02. The average molecular weight is 286 g/mol. The second-order valence-electron chi connectivity index (χ2n) is 4.33. The molecule has 0 bridgehead atoms. The van der Waals surface area contributed by atoms with Crippen molar-refractivity contribution in [2.24, 2.45) is 0 Å². The van der Waals surface area contributed by atoms with Gasteiger partial charge in [0.2, 0.25) is 0 Å². The van der Waals surface area contributed by atoms with Crippen molar-refractivity contribution >= 4 is 37.2 Å². The van der Waals surface area contributed by atoms with Crippen molar-refractivity contribution in [1.29, 1.82) is 0 Å². The SMILES string of the molecule is CC(S)(C(=O)O)c1ccc(C(C)(S)C(=O)O)cc1. The number of rotatable bonds is 4. The zero-order valence-corrected chi connectivity index (χ0v) is 11.7. The van der Waals surface area contributed by atoms with Gasteiger partial charge in [-0.2, -0.15) is 25.3 Å². The van der Waals surface area contributed by atoms with Gasteiger partial charge in [-0.25, -0.2) is 0 Å². The molecule has 0 saturated carbocycles. The molecule has 0 aliphatic rings. The molecule has 0 aromatic heterocycles. The standard InChI is InChI=1S/C12H14O4S2/c1-11(17,9(13)14)7-3-5-8(6-4-7)12(2,18)10(15)16/h3-6,17-18H,1-2H3,(H,13,14)(H,15,16). The normalized spacial score (nSPS) is 17.6. The van der Waals surface area contributed by atoms with Gasteiger partial charge in [0, 0.05) is 0 Å². The number of aliphatic carboxylic acids is 2. The summed E-state index contributed by atoms with van der Waals surface area (Å²) in [7, 11) is 0. The van der Waals surface area contributed by atoms with E-state index in [0.717, 1.165) is 0 Å². The molecule has 98 valence electrons. The fraction of sp³-hybridized carbons (Fsp3) is 0.333. The number of carbonyl (C=O) groups is 2. The van der Waals surface area contributed by atoms with Crippen LogP contribution >= 0.6 is 25.3 Å². The lowest BCUT2D eigenvalue weighted by Gasteiger charge is -2.22. The minimum atomic E-state index is -1.31. The molecule has 4 nitrogen and oxygen atoms in total. The second-order valence-corrected chi connectivity index (χ2v) is 6.12. The summed E-state index contributed by atoms with van der Waals surface area (Å²) >= 11 is 8.17. The molecule has 2 N–H and O–H groups in total. The van der Waals surface area contributed by atoms with Crippen molar-refractivity contribution in [3.63, 3.8) is 0 Å². The van der Waals surface area contributed by atoms with Crippen molar-refractivity contribution in [2.45, 2.75) is 23.3 Å². The lowest BCUT2D eigenvalue weighted by molar-refractivity contribution is -0.140. The van der Waals surface area contributed by atoms with Gasteiger partial charge in [0.25, 0.3) is 0 Å². The van der Waals surface area contributed by atoms with Crippen LogP contribution in [-0.2, 0) is 19.1 Å². The van der Waals surface area contributed by atoms with E-state index in [0.29, 0.717) is 11.1 Å². The molecule has 0 fully saturated rings. The first-order chi connectivity index (χ1) is 8.10. The summed E-state index contributed by atoms with van der Waals surface area (Å²) in [4.78, 5) is 22.1. The molecule has 0 amide bonds. The van der Waals surface area contributed by atoms with Crippen molar-refractivity contribution in [3.05, 3.63) is 35.4 Å². The Labute approximate surface area is 116 Å². The largest absolute Gasteiger partial charge is 0.480 e. The monoisotopic (exact) mass is 286 g/mol. The van der Waals surface area contributed by atoms with E-state index in [4.69, 9.17) is 10.2 Å². The highest BCUT2D eigenvalue weighted by atomic mass is 32.1. The number of thiol groups is 2. The highest BCUT2D eigenvalue weighted by molar-refractivity contribution is 7.82. The third kappa shape index (κ3) is 2.64. The third-order valence-corrected chi connectivity index (χ3v) is 3.74. The Hall–Kier alpha value is -1.14. The molecule has 0 saturated heterocycles. The van der Waals surface area contributed by atoms with E-state index in [2.05, 4.69) is 25.3 Å². The van der Waals surface area contributed by atoms with E-state index < -0.39 is 21.4 Å². The molecule has 2 atom stereocenters. The average Bonchev–Trinajstić information content (AvgIpc) is 2.28. The molecule has 1 rings (SSSR count). The van der Waals surface area contributed by atoms with E-state index in [1.54, 1.807) is 24.3 Å². The smallest absolute Gasteiger partial charge is 0.323 e. The molecule has 0 aliphatic carbocycles. The van der Waals surface area contributed by atoms with Crippen LogP contribution in [0.4, 0.5) is 0 Å². The number of carboxylic acid groups (broad SMARTS) is 2. The maximum atomic E-state index is 11.0. The van der Waals surface area contributed by atoms with Crippen LogP contribution < -0.4 is 0 Å². The van der Waals surface area contributed by atoms with Crippen molar-refractivity contribution in [1.82, 2.24) is 0 Å². The summed E-state index contributed by atoms with van der Waals surface area (Å²) in [5.41, 5.74) is 0.966. The van der Waals surface area contributed by atoms with Gasteiger partial charge in [-0.05, 0) is 25.0 Å². The summed E-state index contributed by atoms with van der Waals surface area (Å²) in [5.74, 6) is -2.13. The highest BCUT2D eigenvalue weighted by Gasteiger charge is 2.33. The molecule has 1 aromatic rings. The van der Waals surface area contributed by atoms with Crippen LogP contribution in [0.2, 0.25) is 0 Å². The van der Waals surface area contributed by atoms with Crippen molar-refractivity contribution in [3.8, 4) is 0 Å². The Morgan fingerprint density at radius 3 is 1.28 bits per heavy atom. The first-order valence-electron chi connectivity index (χ1n) is 5.12. The predicted octanol–water partition coefficient (Wildman–Crippen LogP) is 2.15. The molecule has 6 heteroatoms. The van der Waals surface area contributed by atoms with Gasteiger partial charge in [0.15, 0.2) is 0 Å². The number of hydrogen-bond acceptors (Lipinski definition) is 4. The Morgan fingerprint density at radius 2 is 1.11 bits per heavy atom. The quantitative estimate of drug-likeness (QED) is 0.640. The number of hydrogen-bond donors (Lipinski definition) is 4. The van der Waals surface area contributed by atoms with Crippen molar-refractivity contribution < 1.29 is 19.8 Å². The summed E-state index contributed by atoms with van der Waals surface area (Å²) < 4.78 is -2.62. The van der Waals surface area contributed by atoms with Gasteiger partial charge < -0.3 is 10.2 Å². The topological polar surface area (TPSA) is 74.6 Å². The van der Waals surface area contributed by atoms with Crippen molar-refractivity contribution in [2.75, 3.05) is 0 Å². The molecule has 18 heavy (non-hydrogen) atoms. The van der Waals surface area contributed by atoms with Gasteiger partial charge in [0.1, 0.15) is 9.49 Å². The Bertz CT molecular complexity index is 432. The first-order valence-corrected chi connectivity index (χ1v) is 6.02. The number of benzene rings is 1. The molecule has 1 aromatic carbocycles. The second kappa shape index (κ2) is 4.85. The highest BCUT2D eigenvalue weighted by Crippen LogP contribution is 2.32. The molecular formula is C12H14O4S2. The van der Waals surface area contributed by atoms with Crippen LogP contribution in [0, 0.1) is 0 Å². The molecular weight excluding hydrogens is 272 g/mol. The van der Waals surface area contributed by atoms with E-state index in [1.807, 2.05) is 0 Å². The van der Waals surface area contributed by atoms with Gasteiger partial charge in [0.05, 0.1) is 0 Å². The fourth-order valence-corrected chi connectivity index (χ4v) is 1.66. The van der Waals surface area contributed by atoms with Crippen LogP contribution in [0.1, 0.15) is 25.0 Å². The van der Waals surface area contributed by atoms with E-state index in [1.165, 1.54) is 13.8 Å².